The Balaban J connectivity index is 0. The van der Waals surface area contributed by atoms with E-state index in [1.165, 1.54) is 56.4 Å². The van der Waals surface area contributed by atoms with Crippen LogP contribution in [0.25, 0.3) is 0 Å². The molecule has 0 aliphatic carbocycles. The van der Waals surface area contributed by atoms with E-state index in [1.807, 2.05) is 0 Å². The van der Waals surface area contributed by atoms with E-state index < -0.39 is 56.0 Å². The van der Waals surface area contributed by atoms with Crippen molar-refractivity contribution in [2.75, 3.05) is 0 Å². The molecule has 0 heterocycles. The van der Waals surface area contributed by atoms with Gasteiger partial charge in [0.2, 0.25) is 0 Å². The quantitative estimate of drug-likeness (QED) is 0.0339. The van der Waals surface area contributed by atoms with Gasteiger partial charge in [0.25, 0.3) is 20.2 Å². The van der Waals surface area contributed by atoms with Crippen molar-refractivity contribution in [1.82, 2.24) is 6.15 Å². The van der Waals surface area contributed by atoms with Crippen LogP contribution in [0.2, 0.25) is 0 Å². The van der Waals surface area contributed by atoms with E-state index in [4.69, 9.17) is 39.7 Å². The molecule has 0 saturated carbocycles. The Morgan fingerprint density at radius 3 is 1.31 bits per heavy atom. The zero-order valence-corrected chi connectivity index (χ0v) is 29.3. The van der Waals surface area contributed by atoms with Crippen molar-refractivity contribution in [2.45, 2.75) is 112 Å². The molecule has 3 atom stereocenters. The third-order valence-electron chi connectivity index (χ3n) is 7.29. The molecule has 3 unspecified atom stereocenters. The van der Waals surface area contributed by atoms with Crippen LogP contribution < -0.4 is 15.6 Å². The maximum atomic E-state index is 12.6. The zero-order valence-electron chi connectivity index (χ0n) is 26.9. The standard InChI is InChI=1S/C31H43ClO12S2.H3N.2Na.2H/c1-4-5-6-7-8-9-10-11-12-13-28(32)29(22(2)41-30(33)43-24-14-18-26(19-15-24)45(35,36)37)23(3)42-31(34)44-25-16-20-27(21-17-25)46(38,39)40;;;;;/h14-23,28-29H,4-13H2,1-3H3,(H,35,36,37)(H,38,39,40);1H3;;;;. The number of alkyl halides is 1. The first-order valence-corrected chi connectivity index (χ1v) is 18.5. The van der Waals surface area contributed by atoms with E-state index in [-0.39, 0.29) is 86.6 Å². The van der Waals surface area contributed by atoms with Gasteiger partial charge in [-0.25, -0.2) is 9.59 Å². The first-order valence-electron chi connectivity index (χ1n) is 15.2. The van der Waals surface area contributed by atoms with E-state index in [0.29, 0.717) is 6.42 Å². The van der Waals surface area contributed by atoms with Gasteiger partial charge in [-0.3, -0.25) is 9.11 Å². The molecule has 2 aromatic carbocycles. The number of halogens is 1. The summed E-state index contributed by atoms with van der Waals surface area (Å²) in [6.07, 6.45) is 6.53. The minimum atomic E-state index is -4.43. The molecular weight excluding hydrogens is 724 g/mol. The summed E-state index contributed by atoms with van der Waals surface area (Å²) in [5, 5.41) is -0.585. The molecule has 270 valence electrons. The summed E-state index contributed by atoms with van der Waals surface area (Å²) in [4.78, 5) is 24.4. The van der Waals surface area contributed by atoms with E-state index in [2.05, 4.69) is 6.92 Å². The second kappa shape index (κ2) is 25.1. The number of rotatable bonds is 19. The van der Waals surface area contributed by atoms with Crippen LogP contribution in [-0.2, 0) is 29.7 Å². The van der Waals surface area contributed by atoms with E-state index in [1.54, 1.807) is 13.8 Å². The molecule has 18 heteroatoms. The van der Waals surface area contributed by atoms with E-state index in [0.717, 1.165) is 49.9 Å². The van der Waals surface area contributed by atoms with Crippen molar-refractivity contribution in [1.29, 1.82) is 0 Å². The molecule has 0 saturated heterocycles. The number of benzene rings is 2. The molecule has 2 aromatic rings. The second-order valence-corrected chi connectivity index (χ2v) is 14.4. The predicted molar refractivity (Wildman–Crippen MR) is 190 cm³/mol. The average molecular weight is 772 g/mol. The first-order chi connectivity index (χ1) is 21.6. The molecule has 0 radical (unpaired) electrons. The van der Waals surface area contributed by atoms with Gasteiger partial charge in [-0.15, -0.1) is 11.6 Å². The average Bonchev–Trinajstić information content (AvgIpc) is 2.95. The van der Waals surface area contributed by atoms with Crippen LogP contribution in [0, 0.1) is 5.92 Å². The Morgan fingerprint density at radius 1 is 0.653 bits per heavy atom. The van der Waals surface area contributed by atoms with Crippen molar-refractivity contribution in [3.8, 4) is 11.5 Å². The summed E-state index contributed by atoms with van der Waals surface area (Å²) < 4.78 is 84.5. The van der Waals surface area contributed by atoms with Gasteiger partial charge in [0.05, 0.1) is 9.79 Å². The molecule has 0 bridgehead atoms. The van der Waals surface area contributed by atoms with Gasteiger partial charge in [-0.05, 0) is 68.8 Å². The van der Waals surface area contributed by atoms with Crippen molar-refractivity contribution in [3.63, 3.8) is 0 Å². The van der Waals surface area contributed by atoms with Crippen molar-refractivity contribution in [3.05, 3.63) is 48.5 Å². The number of carbonyl (C=O) groups is 2. The van der Waals surface area contributed by atoms with Gasteiger partial charge in [0.1, 0.15) is 23.7 Å². The number of ether oxygens (including phenoxy) is 4. The van der Waals surface area contributed by atoms with Crippen molar-refractivity contribution < 1.29 is 54.5 Å². The second-order valence-electron chi connectivity index (χ2n) is 11.0. The Morgan fingerprint density at radius 2 is 0.980 bits per heavy atom. The maximum absolute atomic E-state index is 12.6. The van der Waals surface area contributed by atoms with Crippen LogP contribution >= 0.6 is 11.6 Å². The van der Waals surface area contributed by atoms with Gasteiger partial charge in [-0.2, -0.15) is 16.8 Å². The summed E-state index contributed by atoms with van der Waals surface area (Å²) in [6.45, 7) is 5.32. The minimum absolute atomic E-state index is 0. The van der Waals surface area contributed by atoms with Crippen molar-refractivity contribution >= 4 is 103 Å². The third kappa shape index (κ3) is 19.5. The Kier molecular flexibility index (Phi) is 25.7. The molecule has 5 N–H and O–H groups in total. The van der Waals surface area contributed by atoms with Crippen molar-refractivity contribution in [2.24, 2.45) is 5.92 Å². The van der Waals surface area contributed by atoms with Gasteiger partial charge in [0, 0.05) is 11.3 Å². The molecule has 49 heavy (non-hydrogen) atoms. The molecule has 0 spiro atoms. The van der Waals surface area contributed by atoms with Crippen LogP contribution in [-0.4, -0.2) is 115 Å². The van der Waals surface area contributed by atoms with Gasteiger partial charge < -0.3 is 25.1 Å². The van der Waals surface area contributed by atoms with Crippen LogP contribution in [0.15, 0.2) is 58.3 Å². The predicted octanol–water partition coefficient (Wildman–Crippen LogP) is 6.70. The summed E-state index contributed by atoms with van der Waals surface area (Å²) >= 11 is 6.82. The number of carbonyl (C=O) groups excluding carboxylic acids is 2. The molecule has 13 nitrogen and oxygen atoms in total. The van der Waals surface area contributed by atoms with Crippen LogP contribution in [0.3, 0.4) is 0 Å². The van der Waals surface area contributed by atoms with Crippen LogP contribution in [0.4, 0.5) is 9.59 Å². The summed E-state index contributed by atoms with van der Waals surface area (Å²) in [5.41, 5.74) is 0. The monoisotopic (exact) mass is 771 g/mol. The van der Waals surface area contributed by atoms with Gasteiger partial charge >= 0.3 is 71.4 Å². The summed E-state index contributed by atoms with van der Waals surface area (Å²) in [7, 11) is -8.85. The van der Waals surface area contributed by atoms with Gasteiger partial charge in [0.15, 0.2) is 0 Å². The Hall–Kier alpha value is -0.950. The van der Waals surface area contributed by atoms with Crippen LogP contribution in [0.5, 0.6) is 11.5 Å². The molecule has 0 fully saturated rings. The molecule has 0 aliphatic rings. The fraction of sp³-hybridized carbons (Fsp3) is 0.548. The Bertz CT molecular complexity index is 1370. The molecule has 0 aromatic heterocycles. The number of unbranched alkanes of at least 4 members (excludes halogenated alkanes) is 8. The Labute approximate surface area is 339 Å². The van der Waals surface area contributed by atoms with E-state index in [9.17, 15) is 26.4 Å². The molecular formula is C31H48ClNNa2O12S2. The molecule has 2 rings (SSSR count). The molecule has 0 aliphatic heterocycles. The summed E-state index contributed by atoms with van der Waals surface area (Å²) in [5.74, 6) is -0.781. The number of hydrogen-bond donors (Lipinski definition) is 3. The fourth-order valence-electron chi connectivity index (χ4n) is 4.87. The normalized spacial score (nSPS) is 13.6. The fourth-order valence-corrected chi connectivity index (χ4v) is 6.40. The SMILES string of the molecule is CCCCCCCCCCCC(Cl)C(C(C)OC(=O)Oc1ccc(S(=O)(=O)O)cc1)C(C)OC(=O)Oc1ccc(S(=O)(=O)O)cc1.N.[NaH].[NaH]. The van der Waals surface area contributed by atoms with Gasteiger partial charge in [-0.1, -0.05) is 64.7 Å². The van der Waals surface area contributed by atoms with E-state index >= 15 is 0 Å². The van der Waals surface area contributed by atoms with Crippen LogP contribution in [0.1, 0.15) is 85.0 Å². The zero-order chi connectivity index (χ0) is 34.3. The topological polar surface area (TPSA) is 215 Å². The third-order valence-corrected chi connectivity index (χ3v) is 9.54. The summed E-state index contributed by atoms with van der Waals surface area (Å²) in [6, 6.07) is 8.92. The first kappa shape index (κ1) is 50.2. The molecule has 0 amide bonds. The number of hydrogen-bond acceptors (Lipinski definition) is 11.